The van der Waals surface area contributed by atoms with Crippen molar-refractivity contribution >= 4 is 34.6 Å². The highest BCUT2D eigenvalue weighted by Gasteiger charge is 2.07. The Morgan fingerprint density at radius 2 is 1.04 bits per heavy atom. The quantitative estimate of drug-likeness (QED) is 0.332. The zero-order valence-electron chi connectivity index (χ0n) is 15.9. The maximum absolute atomic E-state index is 11.9. The molecule has 8 heteroatoms. The average Bonchev–Trinajstić information content (AvgIpc) is 2.69. The van der Waals surface area contributed by atoms with E-state index < -0.39 is 0 Å². The molecule has 0 saturated heterocycles. The van der Waals surface area contributed by atoms with Crippen molar-refractivity contribution in [2.45, 2.75) is 26.7 Å². The van der Waals surface area contributed by atoms with Crippen LogP contribution < -0.4 is 22.3 Å². The van der Waals surface area contributed by atoms with Gasteiger partial charge in [0.25, 0.3) is 0 Å². The van der Waals surface area contributed by atoms with Gasteiger partial charge >= 0.3 is 0 Å². The van der Waals surface area contributed by atoms with Crippen LogP contribution >= 0.6 is 0 Å². The highest BCUT2D eigenvalue weighted by molar-refractivity contribution is 6.00. The molecule has 0 heterocycles. The van der Waals surface area contributed by atoms with Crippen LogP contribution in [0, 0.1) is 0 Å². The first kappa shape index (κ1) is 20.6. The molecule has 0 aliphatic rings. The molecular formula is C20H24N6O2. The molecule has 0 fully saturated rings. The summed E-state index contributed by atoms with van der Waals surface area (Å²) >= 11 is 0. The summed E-state index contributed by atoms with van der Waals surface area (Å²) in [6, 6.07) is 14.3. The number of hydrazone groups is 2. The lowest BCUT2D eigenvalue weighted by Crippen LogP contribution is -2.24. The third-order valence-corrected chi connectivity index (χ3v) is 3.93. The molecule has 0 unspecified atom stereocenters. The Morgan fingerprint density at radius 1 is 0.714 bits per heavy atom. The lowest BCUT2D eigenvalue weighted by Gasteiger charge is -2.04. The van der Waals surface area contributed by atoms with Crippen LogP contribution in [0.25, 0.3) is 0 Å². The summed E-state index contributed by atoms with van der Waals surface area (Å²) in [5, 5.41) is 8.06. The Kier molecular flexibility index (Phi) is 7.27. The topological polar surface area (TPSA) is 135 Å². The minimum absolute atomic E-state index is 0.000783. The van der Waals surface area contributed by atoms with Gasteiger partial charge in [0, 0.05) is 24.2 Å². The number of hydrogen-bond donors (Lipinski definition) is 4. The van der Waals surface area contributed by atoms with Crippen molar-refractivity contribution in [1.82, 2.24) is 10.9 Å². The lowest BCUT2D eigenvalue weighted by atomic mass is 10.1. The monoisotopic (exact) mass is 380 g/mol. The van der Waals surface area contributed by atoms with Crippen molar-refractivity contribution < 1.29 is 9.59 Å². The van der Waals surface area contributed by atoms with Gasteiger partial charge in [0.05, 0.1) is 11.4 Å². The second-order valence-corrected chi connectivity index (χ2v) is 6.21. The van der Waals surface area contributed by atoms with E-state index in [1.165, 1.54) is 0 Å². The van der Waals surface area contributed by atoms with Gasteiger partial charge in [0.2, 0.25) is 11.8 Å². The third kappa shape index (κ3) is 6.56. The summed E-state index contributed by atoms with van der Waals surface area (Å²) in [6.45, 7) is 3.54. The van der Waals surface area contributed by atoms with Gasteiger partial charge in [-0.05, 0) is 49.2 Å². The van der Waals surface area contributed by atoms with Crippen molar-refractivity contribution in [3.05, 3.63) is 59.7 Å². The highest BCUT2D eigenvalue weighted by atomic mass is 16.2. The maximum Gasteiger partial charge on any atom is 0.240 e. The molecular weight excluding hydrogens is 356 g/mol. The fraction of sp³-hybridized carbons (Fsp3) is 0.200. The number of benzene rings is 2. The number of anilines is 2. The summed E-state index contributed by atoms with van der Waals surface area (Å²) in [6.07, 6.45) is 0.00157. The number of nitrogen functional groups attached to an aromatic ring is 2. The van der Waals surface area contributed by atoms with E-state index in [0.29, 0.717) is 22.8 Å². The van der Waals surface area contributed by atoms with Crippen molar-refractivity contribution in [1.29, 1.82) is 0 Å². The second-order valence-electron chi connectivity index (χ2n) is 6.21. The van der Waals surface area contributed by atoms with Gasteiger partial charge < -0.3 is 11.5 Å². The van der Waals surface area contributed by atoms with Crippen LogP contribution in [0.4, 0.5) is 11.4 Å². The predicted octanol–water partition coefficient (Wildman–Crippen LogP) is 2.01. The molecule has 2 rings (SSSR count). The number of hydrogen-bond acceptors (Lipinski definition) is 6. The van der Waals surface area contributed by atoms with Gasteiger partial charge in [0.1, 0.15) is 0 Å². The molecule has 2 amide bonds. The molecule has 28 heavy (non-hydrogen) atoms. The largest absolute Gasteiger partial charge is 0.399 e. The lowest BCUT2D eigenvalue weighted by molar-refractivity contribution is -0.126. The Morgan fingerprint density at radius 3 is 1.36 bits per heavy atom. The van der Waals surface area contributed by atoms with Gasteiger partial charge in [0.15, 0.2) is 0 Å². The Balaban J connectivity index is 1.78. The van der Waals surface area contributed by atoms with Crippen LogP contribution in [0.15, 0.2) is 58.7 Å². The van der Waals surface area contributed by atoms with Crippen molar-refractivity contribution in [3.8, 4) is 0 Å². The van der Waals surface area contributed by atoms with Gasteiger partial charge in [-0.25, -0.2) is 10.9 Å². The zero-order valence-corrected chi connectivity index (χ0v) is 15.9. The molecule has 2 aromatic rings. The molecule has 146 valence electrons. The van der Waals surface area contributed by atoms with Crippen molar-refractivity contribution in [2.24, 2.45) is 10.2 Å². The molecule has 0 saturated carbocycles. The van der Waals surface area contributed by atoms with E-state index in [-0.39, 0.29) is 24.7 Å². The van der Waals surface area contributed by atoms with Gasteiger partial charge in [-0.2, -0.15) is 10.2 Å². The van der Waals surface area contributed by atoms with Gasteiger partial charge in [-0.3, -0.25) is 9.59 Å². The number of nitrogens with zero attached hydrogens (tertiary/aromatic N) is 2. The minimum Gasteiger partial charge on any atom is -0.399 e. The summed E-state index contributed by atoms with van der Waals surface area (Å²) in [7, 11) is 0. The summed E-state index contributed by atoms with van der Waals surface area (Å²) < 4.78 is 0. The molecule has 0 aliphatic heterocycles. The smallest absolute Gasteiger partial charge is 0.240 e. The maximum atomic E-state index is 11.9. The molecule has 0 spiro atoms. The number of amides is 2. The minimum atomic E-state index is -0.357. The number of nitrogens with one attached hydrogen (secondary N) is 2. The molecule has 0 bridgehead atoms. The third-order valence-electron chi connectivity index (χ3n) is 3.93. The van der Waals surface area contributed by atoms with Crippen LogP contribution in [0.1, 0.15) is 37.8 Å². The zero-order chi connectivity index (χ0) is 20.5. The summed E-state index contributed by atoms with van der Waals surface area (Å²) in [4.78, 5) is 23.7. The van der Waals surface area contributed by atoms with Gasteiger partial charge in [-0.15, -0.1) is 0 Å². The van der Waals surface area contributed by atoms with E-state index in [1.54, 1.807) is 38.1 Å². The molecule has 0 atom stereocenters. The van der Waals surface area contributed by atoms with Crippen molar-refractivity contribution in [3.63, 3.8) is 0 Å². The normalized spacial score (nSPS) is 11.8. The van der Waals surface area contributed by atoms with E-state index in [4.69, 9.17) is 11.5 Å². The van der Waals surface area contributed by atoms with Crippen molar-refractivity contribution in [2.75, 3.05) is 11.5 Å². The first-order valence-corrected chi connectivity index (χ1v) is 8.73. The van der Waals surface area contributed by atoms with E-state index in [2.05, 4.69) is 21.1 Å². The Bertz CT molecular complexity index is 810. The van der Waals surface area contributed by atoms with E-state index in [9.17, 15) is 9.59 Å². The standard InChI is InChI=1S/C20H24N6O2/c1-13(15-3-7-17(21)8-4-15)23-25-19(27)11-12-20(28)26-24-14(2)16-5-9-18(22)10-6-16/h3-10H,11-12,21-22H2,1-2H3,(H,25,27)(H,26,28)/b23-13+,24-14+. The van der Waals surface area contributed by atoms with Crippen LogP contribution in [0.5, 0.6) is 0 Å². The van der Waals surface area contributed by atoms with E-state index >= 15 is 0 Å². The average molecular weight is 380 g/mol. The molecule has 8 nitrogen and oxygen atoms in total. The predicted molar refractivity (Wildman–Crippen MR) is 112 cm³/mol. The van der Waals surface area contributed by atoms with Crippen LogP contribution in [-0.2, 0) is 9.59 Å². The SMILES string of the molecule is C/C(=N\NC(=O)CCC(=O)N/N=C(\C)c1ccc(N)cc1)c1ccc(N)cc1. The number of carbonyl (C=O) groups excluding carboxylic acids is 2. The molecule has 0 aliphatic carbocycles. The first-order chi connectivity index (χ1) is 13.3. The van der Waals surface area contributed by atoms with Crippen LogP contribution in [-0.4, -0.2) is 23.2 Å². The van der Waals surface area contributed by atoms with Crippen LogP contribution in [0.3, 0.4) is 0 Å². The second kappa shape index (κ2) is 9.86. The van der Waals surface area contributed by atoms with E-state index in [0.717, 1.165) is 11.1 Å². The number of nitrogens with two attached hydrogens (primary N) is 2. The summed E-state index contributed by atoms with van der Waals surface area (Å²) in [5.74, 6) is -0.714. The van der Waals surface area contributed by atoms with Gasteiger partial charge in [-0.1, -0.05) is 24.3 Å². The fourth-order valence-corrected chi connectivity index (χ4v) is 2.21. The number of rotatable bonds is 7. The Labute approximate surface area is 163 Å². The fourth-order valence-electron chi connectivity index (χ4n) is 2.21. The molecule has 2 aromatic carbocycles. The summed E-state index contributed by atoms with van der Waals surface area (Å²) in [5.41, 5.74) is 20.4. The molecule has 0 aromatic heterocycles. The number of carbonyl (C=O) groups is 2. The Hall–Kier alpha value is -3.68. The van der Waals surface area contributed by atoms with E-state index in [1.807, 2.05) is 24.3 Å². The molecule has 6 N–H and O–H groups in total. The molecule has 0 radical (unpaired) electrons. The first-order valence-electron chi connectivity index (χ1n) is 8.73. The highest BCUT2D eigenvalue weighted by Crippen LogP contribution is 2.07. The van der Waals surface area contributed by atoms with Crippen LogP contribution in [0.2, 0.25) is 0 Å².